The summed E-state index contributed by atoms with van der Waals surface area (Å²) in [6.45, 7) is 14.7. The van der Waals surface area contributed by atoms with E-state index in [2.05, 4.69) is 69.3 Å². The number of aliphatic hydroxyl groups excluding tert-OH is 1. The fourth-order valence-electron chi connectivity index (χ4n) is 5.87. The first-order chi connectivity index (χ1) is 20.7. The third-order valence-electron chi connectivity index (χ3n) is 8.34. The molecule has 0 fully saturated rings. The van der Waals surface area contributed by atoms with E-state index >= 15 is 0 Å². The fraction of sp³-hybridized carbons (Fsp3) is 0.385. The van der Waals surface area contributed by atoms with Crippen molar-refractivity contribution in [3.05, 3.63) is 89.8 Å². The van der Waals surface area contributed by atoms with Gasteiger partial charge in [-0.2, -0.15) is 0 Å². The SMILES string of the molecule is CCC(CC)C(=O)/C=C(\O)C(CC)CC.Cc1[c-]c(-c2nccc3cc(CC(C)C)ccc23)c2oc3ccccc3c2c1.[Ir]. The second kappa shape index (κ2) is 16.2. The predicted molar refractivity (Wildman–Crippen MR) is 180 cm³/mol. The molecule has 1 radical (unpaired) electrons. The third-order valence-corrected chi connectivity index (χ3v) is 8.34. The third kappa shape index (κ3) is 8.06. The molecular weight excluding hydrogens is 723 g/mol. The van der Waals surface area contributed by atoms with E-state index in [1.54, 1.807) is 0 Å². The smallest absolute Gasteiger partial charge is 0.162 e. The summed E-state index contributed by atoms with van der Waals surface area (Å²) in [4.78, 5) is 16.5. The number of nitrogens with zero attached hydrogens (tertiary/aromatic N) is 1. The van der Waals surface area contributed by atoms with E-state index in [1.165, 1.54) is 17.0 Å². The number of allylic oxidation sites excluding steroid dienone is 2. The summed E-state index contributed by atoms with van der Waals surface area (Å²) in [7, 11) is 0. The van der Waals surface area contributed by atoms with Gasteiger partial charge in [0.1, 0.15) is 5.58 Å². The molecule has 3 aromatic carbocycles. The van der Waals surface area contributed by atoms with Crippen LogP contribution in [0.3, 0.4) is 0 Å². The molecule has 5 aromatic rings. The van der Waals surface area contributed by atoms with Crippen molar-refractivity contribution in [2.45, 2.75) is 80.6 Å². The second-order valence-electron chi connectivity index (χ2n) is 12.0. The first kappa shape index (κ1) is 35.2. The maximum atomic E-state index is 11.7. The minimum Gasteiger partial charge on any atom is -0.512 e. The molecule has 5 heteroatoms. The monoisotopic (exact) mass is 769 g/mol. The summed E-state index contributed by atoms with van der Waals surface area (Å²) in [5.74, 6) is 1.19. The van der Waals surface area contributed by atoms with Crippen molar-refractivity contribution in [3.8, 4) is 11.3 Å². The summed E-state index contributed by atoms with van der Waals surface area (Å²) < 4.78 is 6.25. The van der Waals surface area contributed by atoms with Gasteiger partial charge < -0.3 is 14.5 Å². The topological polar surface area (TPSA) is 63.3 Å². The van der Waals surface area contributed by atoms with Crippen molar-refractivity contribution in [1.29, 1.82) is 0 Å². The van der Waals surface area contributed by atoms with Gasteiger partial charge in [-0.15, -0.1) is 17.7 Å². The molecule has 0 saturated carbocycles. The van der Waals surface area contributed by atoms with Gasteiger partial charge in [-0.1, -0.05) is 95.8 Å². The molecule has 0 aliphatic heterocycles. The number of aryl methyl sites for hydroxylation is 1. The largest absolute Gasteiger partial charge is 0.512 e. The molecule has 44 heavy (non-hydrogen) atoms. The Kier molecular flexibility index (Phi) is 12.9. The van der Waals surface area contributed by atoms with Gasteiger partial charge in [-0.3, -0.25) is 4.79 Å². The van der Waals surface area contributed by atoms with Crippen LogP contribution in [-0.4, -0.2) is 15.9 Å². The number of benzene rings is 3. The van der Waals surface area contributed by atoms with Crippen molar-refractivity contribution in [2.24, 2.45) is 17.8 Å². The summed E-state index contributed by atoms with van der Waals surface area (Å²) in [5.41, 5.74) is 6.08. The molecule has 5 rings (SSSR count). The number of hydrogen-bond acceptors (Lipinski definition) is 4. The van der Waals surface area contributed by atoms with Crippen LogP contribution in [0, 0.1) is 30.7 Å². The Balaban J connectivity index is 0.000000286. The minimum absolute atomic E-state index is 0. The molecule has 4 nitrogen and oxygen atoms in total. The zero-order valence-corrected chi connectivity index (χ0v) is 29.6. The molecule has 0 unspecified atom stereocenters. The van der Waals surface area contributed by atoms with Crippen LogP contribution in [0.4, 0.5) is 0 Å². The molecular formula is C39H46IrNO3-. The molecule has 1 N–H and O–H groups in total. The summed E-state index contributed by atoms with van der Waals surface area (Å²) in [6, 6.07) is 22.6. The van der Waals surface area contributed by atoms with E-state index in [4.69, 9.17) is 9.40 Å². The zero-order chi connectivity index (χ0) is 31.1. The van der Waals surface area contributed by atoms with Gasteiger partial charge in [-0.25, -0.2) is 0 Å². The van der Waals surface area contributed by atoms with Crippen LogP contribution in [0.5, 0.6) is 0 Å². The zero-order valence-electron chi connectivity index (χ0n) is 27.2. The number of aromatic nitrogens is 1. The normalized spacial score (nSPS) is 11.8. The van der Waals surface area contributed by atoms with Crippen molar-refractivity contribution in [3.63, 3.8) is 0 Å². The number of pyridine rings is 1. The number of para-hydroxylation sites is 1. The van der Waals surface area contributed by atoms with Crippen LogP contribution in [0.15, 0.2) is 77.0 Å². The number of carbonyl (C=O) groups is 1. The van der Waals surface area contributed by atoms with E-state index < -0.39 is 0 Å². The van der Waals surface area contributed by atoms with E-state index in [9.17, 15) is 9.90 Å². The van der Waals surface area contributed by atoms with E-state index in [1.807, 2.05) is 46.0 Å². The van der Waals surface area contributed by atoms with Crippen LogP contribution < -0.4 is 0 Å². The van der Waals surface area contributed by atoms with Gasteiger partial charge >= 0.3 is 0 Å². The maximum absolute atomic E-state index is 11.7. The number of aliphatic hydroxyl groups is 1. The van der Waals surface area contributed by atoms with Crippen LogP contribution >= 0.6 is 0 Å². The first-order valence-electron chi connectivity index (χ1n) is 15.9. The van der Waals surface area contributed by atoms with E-state index in [0.717, 1.165) is 76.2 Å². The van der Waals surface area contributed by atoms with Gasteiger partial charge in [-0.05, 0) is 72.2 Å². The average Bonchev–Trinajstić information content (AvgIpc) is 3.36. The van der Waals surface area contributed by atoms with Crippen molar-refractivity contribution in [2.75, 3.05) is 0 Å². The van der Waals surface area contributed by atoms with Gasteiger partial charge in [0, 0.05) is 49.6 Å². The minimum atomic E-state index is 0. The fourth-order valence-corrected chi connectivity index (χ4v) is 5.87. The molecule has 0 bridgehead atoms. The molecule has 0 saturated heterocycles. The Labute approximate surface area is 276 Å². The van der Waals surface area contributed by atoms with Crippen LogP contribution in [-0.2, 0) is 31.3 Å². The Bertz CT molecular complexity index is 1720. The number of furan rings is 1. The molecule has 0 amide bonds. The number of carbonyl (C=O) groups excluding carboxylic acids is 1. The number of ketones is 1. The molecule has 2 aromatic heterocycles. The van der Waals surface area contributed by atoms with Gasteiger partial charge in [0.2, 0.25) is 0 Å². The van der Waals surface area contributed by atoms with Gasteiger partial charge in [0.25, 0.3) is 0 Å². The molecule has 0 spiro atoms. The van der Waals surface area contributed by atoms with Crippen LogP contribution in [0.25, 0.3) is 44.0 Å². The Hall–Kier alpha value is -3.27. The summed E-state index contributed by atoms with van der Waals surface area (Å²) in [6.07, 6.45) is 7.88. The predicted octanol–water partition coefficient (Wildman–Crippen LogP) is 11.0. The van der Waals surface area contributed by atoms with E-state index in [0.29, 0.717) is 5.92 Å². The summed E-state index contributed by atoms with van der Waals surface area (Å²) >= 11 is 0. The van der Waals surface area contributed by atoms with Crippen LogP contribution in [0.1, 0.15) is 78.4 Å². The van der Waals surface area contributed by atoms with Crippen LogP contribution in [0.2, 0.25) is 0 Å². The second-order valence-corrected chi connectivity index (χ2v) is 12.0. The van der Waals surface area contributed by atoms with Crippen molar-refractivity contribution >= 4 is 38.5 Å². The maximum Gasteiger partial charge on any atom is 0.162 e. The Morgan fingerprint density at radius 3 is 2.25 bits per heavy atom. The van der Waals surface area contributed by atoms with E-state index in [-0.39, 0.29) is 43.5 Å². The molecule has 235 valence electrons. The summed E-state index contributed by atoms with van der Waals surface area (Å²) in [5, 5.41) is 14.4. The average molecular weight is 769 g/mol. The van der Waals surface area contributed by atoms with Gasteiger partial charge in [0.05, 0.1) is 11.3 Å². The standard InChI is InChI=1S/C26H22NO.C13H24O2.Ir/c1-16(2)12-18-8-9-20-19(15-18)10-11-27-25(20)23-14-17(3)13-22-21-6-4-5-7-24(21)28-26(22)23;1-5-10(6-2)12(14)9-13(15)11(7-3)8-4;/h4-11,13,15-16H,12H2,1-3H3;9-11,14H,5-8H2,1-4H3;/q-1;;/b;12-9-;. The Morgan fingerprint density at radius 1 is 0.909 bits per heavy atom. The molecule has 0 aliphatic carbocycles. The number of rotatable bonds is 10. The molecule has 0 aliphatic rings. The van der Waals surface area contributed by atoms with Gasteiger partial charge in [0.15, 0.2) is 5.78 Å². The van der Waals surface area contributed by atoms with Crippen molar-refractivity contribution in [1.82, 2.24) is 4.98 Å². The number of fused-ring (bicyclic) bond motifs is 4. The first-order valence-corrected chi connectivity index (χ1v) is 15.9. The molecule has 2 heterocycles. The Morgan fingerprint density at radius 2 is 1.59 bits per heavy atom. The number of hydrogen-bond donors (Lipinski definition) is 1. The molecule has 0 atom stereocenters. The quantitative estimate of drug-likeness (QED) is 0.0873. The van der Waals surface area contributed by atoms with Crippen molar-refractivity contribution < 1.29 is 34.4 Å².